The topological polar surface area (TPSA) is 49.3 Å². The molecule has 1 atom stereocenters. The molecule has 1 aliphatic rings. The van der Waals surface area contributed by atoms with Crippen molar-refractivity contribution < 1.29 is 9.90 Å². The van der Waals surface area contributed by atoms with Crippen molar-refractivity contribution in [3.63, 3.8) is 0 Å². The van der Waals surface area contributed by atoms with Crippen LogP contribution < -0.4 is 5.32 Å². The number of hydrogen-bond donors (Lipinski definition) is 2. The van der Waals surface area contributed by atoms with Crippen LogP contribution in [0, 0.1) is 0 Å². The van der Waals surface area contributed by atoms with Crippen LogP contribution in [0.25, 0.3) is 0 Å². The number of fused-ring (bicyclic) bond motifs is 1. The fourth-order valence-corrected chi connectivity index (χ4v) is 2.27. The normalized spacial score (nSPS) is 17.1. The Hall–Kier alpha value is -1.35. The van der Waals surface area contributed by atoms with Gasteiger partial charge in [0, 0.05) is 25.5 Å². The Labute approximate surface area is 102 Å². The van der Waals surface area contributed by atoms with Crippen LogP contribution in [-0.4, -0.2) is 24.2 Å². The number of nitrogens with one attached hydrogen (secondary N) is 1. The second-order valence-electron chi connectivity index (χ2n) is 4.58. The molecular weight excluding hydrogens is 214 g/mol. The first kappa shape index (κ1) is 12.1. The number of aliphatic hydroxyl groups is 1. The number of aliphatic hydroxyl groups excluding tert-OH is 1. The van der Waals surface area contributed by atoms with E-state index in [1.54, 1.807) is 0 Å². The van der Waals surface area contributed by atoms with Gasteiger partial charge >= 0.3 is 0 Å². The van der Waals surface area contributed by atoms with Gasteiger partial charge in [-0.05, 0) is 30.4 Å². The maximum atomic E-state index is 11.5. The summed E-state index contributed by atoms with van der Waals surface area (Å²) in [5.41, 5.74) is 2.79. The van der Waals surface area contributed by atoms with E-state index in [9.17, 15) is 4.79 Å². The lowest BCUT2D eigenvalue weighted by Crippen LogP contribution is -2.33. The molecule has 2 N–H and O–H groups in total. The highest BCUT2D eigenvalue weighted by Crippen LogP contribution is 2.33. The van der Waals surface area contributed by atoms with E-state index in [-0.39, 0.29) is 12.5 Å². The number of carbonyl (C=O) groups is 1. The fraction of sp³-hybridized carbons (Fsp3) is 0.500. The molecule has 1 amide bonds. The zero-order valence-corrected chi connectivity index (χ0v) is 9.98. The molecule has 0 radical (unpaired) electrons. The van der Waals surface area contributed by atoms with E-state index in [1.165, 1.54) is 11.1 Å². The molecule has 1 aliphatic carbocycles. The predicted molar refractivity (Wildman–Crippen MR) is 66.8 cm³/mol. The number of rotatable bonds is 6. The van der Waals surface area contributed by atoms with Gasteiger partial charge in [-0.2, -0.15) is 0 Å². The molecule has 2 rings (SSSR count). The van der Waals surface area contributed by atoms with Crippen LogP contribution in [0.2, 0.25) is 0 Å². The average Bonchev–Trinajstić information content (AvgIpc) is 2.31. The lowest BCUT2D eigenvalue weighted by atomic mass is 9.77. The smallest absolute Gasteiger partial charge is 0.220 e. The monoisotopic (exact) mass is 233 g/mol. The van der Waals surface area contributed by atoms with Crippen molar-refractivity contribution in [2.75, 3.05) is 13.2 Å². The molecule has 0 bridgehead atoms. The van der Waals surface area contributed by atoms with Crippen molar-refractivity contribution in [1.82, 2.24) is 5.32 Å². The lowest BCUT2D eigenvalue weighted by Gasteiger charge is -2.30. The number of unbranched alkanes of at least 4 members (excludes halogenated alkanes) is 1. The summed E-state index contributed by atoms with van der Waals surface area (Å²) in [6, 6.07) is 8.40. The van der Waals surface area contributed by atoms with Crippen molar-refractivity contribution in [1.29, 1.82) is 0 Å². The molecule has 1 aromatic carbocycles. The summed E-state index contributed by atoms with van der Waals surface area (Å²) >= 11 is 0. The molecule has 0 aromatic heterocycles. The number of benzene rings is 1. The molecule has 92 valence electrons. The fourth-order valence-electron chi connectivity index (χ4n) is 2.27. The SMILES string of the molecule is O=C(CCCCO)NCC1Cc2ccccc21. The molecule has 0 saturated carbocycles. The average molecular weight is 233 g/mol. The molecular formula is C14H19NO2. The highest BCUT2D eigenvalue weighted by atomic mass is 16.2. The Bertz CT molecular complexity index is 390. The van der Waals surface area contributed by atoms with Crippen LogP contribution in [-0.2, 0) is 11.2 Å². The minimum Gasteiger partial charge on any atom is -0.396 e. The van der Waals surface area contributed by atoms with Crippen molar-refractivity contribution in [2.45, 2.75) is 31.6 Å². The third-order valence-electron chi connectivity index (χ3n) is 3.32. The van der Waals surface area contributed by atoms with Crippen molar-refractivity contribution in [3.05, 3.63) is 35.4 Å². The van der Waals surface area contributed by atoms with Crippen molar-refractivity contribution in [2.24, 2.45) is 0 Å². The lowest BCUT2D eigenvalue weighted by molar-refractivity contribution is -0.121. The van der Waals surface area contributed by atoms with Crippen LogP contribution in [0.3, 0.4) is 0 Å². The second-order valence-corrected chi connectivity index (χ2v) is 4.58. The minimum atomic E-state index is 0.0998. The number of hydrogen-bond acceptors (Lipinski definition) is 2. The van der Waals surface area contributed by atoms with Gasteiger partial charge in [0.15, 0.2) is 0 Å². The molecule has 1 aromatic rings. The Morgan fingerprint density at radius 3 is 2.94 bits per heavy atom. The van der Waals surface area contributed by atoms with Crippen LogP contribution in [0.1, 0.15) is 36.3 Å². The standard InChI is InChI=1S/C14H19NO2/c16-8-4-3-7-14(17)15-10-12-9-11-5-1-2-6-13(11)12/h1-2,5-6,12,16H,3-4,7-10H2,(H,15,17). The van der Waals surface area contributed by atoms with Gasteiger partial charge in [0.05, 0.1) is 0 Å². The van der Waals surface area contributed by atoms with Crippen LogP contribution in [0.15, 0.2) is 24.3 Å². The van der Waals surface area contributed by atoms with E-state index in [1.807, 2.05) is 6.07 Å². The molecule has 0 aliphatic heterocycles. The third kappa shape index (κ3) is 3.07. The summed E-state index contributed by atoms with van der Waals surface area (Å²) in [6.07, 6.45) is 3.07. The van der Waals surface area contributed by atoms with Crippen LogP contribution in [0.5, 0.6) is 0 Å². The molecule has 0 spiro atoms. The minimum absolute atomic E-state index is 0.0998. The second kappa shape index (κ2) is 5.82. The summed E-state index contributed by atoms with van der Waals surface area (Å²) < 4.78 is 0. The Morgan fingerprint density at radius 1 is 1.35 bits per heavy atom. The molecule has 3 nitrogen and oxygen atoms in total. The molecule has 0 heterocycles. The van der Waals surface area contributed by atoms with Crippen LogP contribution >= 0.6 is 0 Å². The maximum Gasteiger partial charge on any atom is 0.220 e. The van der Waals surface area contributed by atoms with Gasteiger partial charge in [0.25, 0.3) is 0 Å². The first-order chi connectivity index (χ1) is 8.31. The zero-order chi connectivity index (χ0) is 12.1. The maximum absolute atomic E-state index is 11.5. The Morgan fingerprint density at radius 2 is 2.18 bits per heavy atom. The van der Waals surface area contributed by atoms with E-state index >= 15 is 0 Å². The third-order valence-corrected chi connectivity index (χ3v) is 3.32. The van der Waals surface area contributed by atoms with E-state index in [4.69, 9.17) is 5.11 Å². The molecule has 17 heavy (non-hydrogen) atoms. The molecule has 3 heteroatoms. The Balaban J connectivity index is 1.69. The summed E-state index contributed by atoms with van der Waals surface area (Å²) in [5, 5.41) is 11.6. The zero-order valence-electron chi connectivity index (χ0n) is 9.98. The van der Waals surface area contributed by atoms with Gasteiger partial charge in [-0.15, -0.1) is 0 Å². The summed E-state index contributed by atoms with van der Waals surface area (Å²) in [7, 11) is 0. The van der Waals surface area contributed by atoms with Gasteiger partial charge in [-0.1, -0.05) is 24.3 Å². The van der Waals surface area contributed by atoms with Crippen molar-refractivity contribution in [3.8, 4) is 0 Å². The first-order valence-corrected chi connectivity index (χ1v) is 6.26. The highest BCUT2D eigenvalue weighted by Gasteiger charge is 2.25. The summed E-state index contributed by atoms with van der Waals surface area (Å²) in [4.78, 5) is 11.5. The molecule has 0 fully saturated rings. The van der Waals surface area contributed by atoms with E-state index in [0.29, 0.717) is 18.8 Å². The van der Waals surface area contributed by atoms with E-state index in [2.05, 4.69) is 23.5 Å². The van der Waals surface area contributed by atoms with Gasteiger partial charge in [-0.3, -0.25) is 4.79 Å². The van der Waals surface area contributed by atoms with Gasteiger partial charge in [0.1, 0.15) is 0 Å². The highest BCUT2D eigenvalue weighted by molar-refractivity contribution is 5.75. The Kier molecular flexibility index (Phi) is 4.15. The van der Waals surface area contributed by atoms with Gasteiger partial charge in [-0.25, -0.2) is 0 Å². The molecule has 1 unspecified atom stereocenters. The van der Waals surface area contributed by atoms with E-state index in [0.717, 1.165) is 19.4 Å². The molecule has 0 saturated heterocycles. The number of amides is 1. The van der Waals surface area contributed by atoms with Gasteiger partial charge in [0.2, 0.25) is 5.91 Å². The number of carbonyl (C=O) groups excluding carboxylic acids is 1. The van der Waals surface area contributed by atoms with Gasteiger partial charge < -0.3 is 10.4 Å². The predicted octanol–water partition coefficient (Wildman–Crippen LogP) is 1.61. The largest absolute Gasteiger partial charge is 0.396 e. The van der Waals surface area contributed by atoms with Crippen LogP contribution in [0.4, 0.5) is 0 Å². The quantitative estimate of drug-likeness (QED) is 0.733. The summed E-state index contributed by atoms with van der Waals surface area (Å²) in [6.45, 7) is 0.915. The first-order valence-electron chi connectivity index (χ1n) is 6.26. The summed E-state index contributed by atoms with van der Waals surface area (Å²) in [5.74, 6) is 0.593. The van der Waals surface area contributed by atoms with E-state index < -0.39 is 0 Å². The van der Waals surface area contributed by atoms with Crippen molar-refractivity contribution >= 4 is 5.91 Å².